The summed E-state index contributed by atoms with van der Waals surface area (Å²) in [5.74, 6) is -1.47. The molecule has 3 aromatic rings. The van der Waals surface area contributed by atoms with Gasteiger partial charge in [0.15, 0.2) is 17.0 Å². The number of fused-ring (bicyclic) bond motifs is 1. The lowest BCUT2D eigenvalue weighted by Gasteiger charge is -2.20. The van der Waals surface area contributed by atoms with E-state index in [1.165, 1.54) is 17.2 Å². The molecule has 0 saturated carbocycles. The molecule has 31 heavy (non-hydrogen) atoms. The molecule has 0 aliphatic rings. The predicted octanol–water partition coefficient (Wildman–Crippen LogP) is 0.447. The molecule has 0 fully saturated rings. The van der Waals surface area contributed by atoms with Gasteiger partial charge in [-0.1, -0.05) is 30.3 Å². The van der Waals surface area contributed by atoms with Crippen LogP contribution in [0, 0.1) is 0 Å². The predicted molar refractivity (Wildman–Crippen MR) is 109 cm³/mol. The van der Waals surface area contributed by atoms with Gasteiger partial charge < -0.3 is 25.0 Å². The molecule has 0 atom stereocenters. The van der Waals surface area contributed by atoms with Crippen molar-refractivity contribution in [2.75, 3.05) is 25.0 Å². The summed E-state index contributed by atoms with van der Waals surface area (Å²) in [6, 6.07) is 9.19. The molecule has 2 amide bonds. The molecule has 3 rings (SSSR count). The molecule has 0 saturated heterocycles. The Morgan fingerprint density at radius 3 is 2.65 bits per heavy atom. The van der Waals surface area contributed by atoms with Gasteiger partial charge >= 0.3 is 12.1 Å². The maximum Gasteiger partial charge on any atom is 0.413 e. The molecule has 2 aromatic heterocycles. The van der Waals surface area contributed by atoms with Crippen molar-refractivity contribution in [3.63, 3.8) is 0 Å². The zero-order valence-electron chi connectivity index (χ0n) is 16.5. The van der Waals surface area contributed by atoms with Gasteiger partial charge in [-0.3, -0.25) is 14.9 Å². The lowest BCUT2D eigenvalue weighted by atomic mass is 10.2. The Balaban J connectivity index is 1.69. The fraction of sp³-hybridized carbons (Fsp3) is 0.263. The fourth-order valence-electron chi connectivity index (χ4n) is 2.80. The van der Waals surface area contributed by atoms with E-state index in [2.05, 4.69) is 20.3 Å². The van der Waals surface area contributed by atoms with Crippen molar-refractivity contribution < 1.29 is 24.2 Å². The third kappa shape index (κ3) is 5.73. The number of hydrogen-bond acceptors (Lipinski definition) is 8. The number of nitrogens with two attached hydrogens (primary N) is 1. The second kappa shape index (κ2) is 10.1. The van der Waals surface area contributed by atoms with Gasteiger partial charge in [-0.25, -0.2) is 19.7 Å². The van der Waals surface area contributed by atoms with Gasteiger partial charge in [0, 0.05) is 13.1 Å². The number of aliphatic carboxylic acids is 1. The van der Waals surface area contributed by atoms with Crippen LogP contribution in [0.1, 0.15) is 5.56 Å². The summed E-state index contributed by atoms with van der Waals surface area (Å²) < 4.78 is 6.61. The maximum absolute atomic E-state index is 12.5. The van der Waals surface area contributed by atoms with Gasteiger partial charge in [0.05, 0.1) is 6.33 Å². The van der Waals surface area contributed by atoms with E-state index in [1.54, 1.807) is 0 Å². The highest BCUT2D eigenvalue weighted by molar-refractivity contribution is 5.93. The number of benzene rings is 1. The Bertz CT molecular complexity index is 1070. The molecule has 0 aliphatic heterocycles. The van der Waals surface area contributed by atoms with Gasteiger partial charge in [0.25, 0.3) is 0 Å². The number of carboxylic acids is 1. The first-order chi connectivity index (χ1) is 15.0. The number of nitrogens with one attached hydrogen (secondary N) is 1. The fourth-order valence-corrected chi connectivity index (χ4v) is 2.80. The van der Waals surface area contributed by atoms with Crippen molar-refractivity contribution in [3.05, 3.63) is 48.5 Å². The summed E-state index contributed by atoms with van der Waals surface area (Å²) in [5.41, 5.74) is 6.84. The van der Waals surface area contributed by atoms with Crippen LogP contribution < -0.4 is 11.1 Å². The maximum atomic E-state index is 12.5. The van der Waals surface area contributed by atoms with Crippen molar-refractivity contribution in [2.45, 2.75) is 13.2 Å². The van der Waals surface area contributed by atoms with E-state index in [1.807, 2.05) is 30.3 Å². The number of carbonyl (C=O) groups is 3. The molecule has 0 radical (unpaired) electrons. The van der Waals surface area contributed by atoms with E-state index in [0.717, 1.165) is 10.5 Å². The van der Waals surface area contributed by atoms with E-state index >= 15 is 0 Å². The van der Waals surface area contributed by atoms with Crippen LogP contribution in [0.4, 0.5) is 10.6 Å². The molecule has 4 N–H and O–H groups in total. The Morgan fingerprint density at radius 2 is 1.94 bits per heavy atom. The minimum Gasteiger partial charge on any atom is -0.480 e. The van der Waals surface area contributed by atoms with Crippen molar-refractivity contribution in [2.24, 2.45) is 5.73 Å². The Hall–Kier alpha value is -4.06. The molecule has 0 unspecified atom stereocenters. The van der Waals surface area contributed by atoms with Gasteiger partial charge in [0.1, 0.15) is 26.0 Å². The van der Waals surface area contributed by atoms with Crippen LogP contribution in [0.3, 0.4) is 0 Å². The summed E-state index contributed by atoms with van der Waals surface area (Å²) >= 11 is 0. The average Bonchev–Trinajstić information content (AvgIpc) is 3.16. The molecule has 1 aromatic carbocycles. The largest absolute Gasteiger partial charge is 0.480 e. The molecule has 12 heteroatoms. The van der Waals surface area contributed by atoms with Crippen molar-refractivity contribution in [1.29, 1.82) is 0 Å². The number of carboxylic acid groups (broad SMARTS) is 1. The van der Waals surface area contributed by atoms with Gasteiger partial charge in [-0.05, 0) is 5.56 Å². The Labute approximate surface area is 176 Å². The van der Waals surface area contributed by atoms with Crippen LogP contribution in [-0.2, 0) is 27.5 Å². The van der Waals surface area contributed by atoms with Gasteiger partial charge in [-0.15, -0.1) is 0 Å². The Kier molecular flexibility index (Phi) is 7.06. The number of imidazole rings is 1. The first-order valence-corrected chi connectivity index (χ1v) is 9.31. The number of ether oxygens (including phenoxy) is 1. The van der Waals surface area contributed by atoms with Crippen LogP contribution in [0.15, 0.2) is 43.0 Å². The monoisotopic (exact) mass is 427 g/mol. The van der Waals surface area contributed by atoms with Crippen LogP contribution in [-0.4, -0.2) is 67.1 Å². The third-order valence-electron chi connectivity index (χ3n) is 4.22. The molecule has 2 heterocycles. The highest BCUT2D eigenvalue weighted by atomic mass is 16.5. The smallest absolute Gasteiger partial charge is 0.413 e. The topological polar surface area (TPSA) is 166 Å². The van der Waals surface area contributed by atoms with Crippen molar-refractivity contribution in [1.82, 2.24) is 24.4 Å². The van der Waals surface area contributed by atoms with E-state index in [4.69, 9.17) is 15.6 Å². The molecule has 0 spiro atoms. The summed E-state index contributed by atoms with van der Waals surface area (Å²) in [6.45, 7) is -0.335. The molecule has 0 bridgehead atoms. The third-order valence-corrected chi connectivity index (χ3v) is 4.22. The number of aromatic nitrogens is 4. The van der Waals surface area contributed by atoms with Crippen LogP contribution in [0.25, 0.3) is 11.2 Å². The number of anilines is 1. The number of hydrogen-bond donors (Lipinski definition) is 3. The first-order valence-electron chi connectivity index (χ1n) is 9.31. The summed E-state index contributed by atoms with van der Waals surface area (Å²) in [5, 5.41) is 11.5. The van der Waals surface area contributed by atoms with E-state index in [0.29, 0.717) is 5.65 Å². The lowest BCUT2D eigenvalue weighted by Crippen LogP contribution is -2.40. The number of amides is 2. The molecular formula is C19H21N7O5. The number of nitrogens with zero attached hydrogens (tertiary/aromatic N) is 5. The second-order valence-corrected chi connectivity index (χ2v) is 6.45. The van der Waals surface area contributed by atoms with Gasteiger partial charge in [0.2, 0.25) is 5.91 Å². The quantitative estimate of drug-likeness (QED) is 0.439. The standard InChI is InChI=1S/C19H21N7O5/c20-6-7-25(9-15(28)29)14(27)8-26-12-23-16-17(21-11-22-18(16)26)24-19(30)31-10-13-4-2-1-3-5-13/h1-5,11-12H,6-10,20H2,(H,28,29)(H,21,22,24,30). The van der Waals surface area contributed by atoms with E-state index in [-0.39, 0.29) is 37.6 Å². The first kappa shape index (κ1) is 21.6. The zero-order chi connectivity index (χ0) is 22.2. The Morgan fingerprint density at radius 1 is 1.16 bits per heavy atom. The highest BCUT2D eigenvalue weighted by Crippen LogP contribution is 2.18. The summed E-state index contributed by atoms with van der Waals surface area (Å²) in [6.07, 6.45) is 1.86. The molecular weight excluding hydrogens is 406 g/mol. The minimum absolute atomic E-state index is 0.0877. The summed E-state index contributed by atoms with van der Waals surface area (Å²) in [4.78, 5) is 49.0. The van der Waals surface area contributed by atoms with E-state index < -0.39 is 24.5 Å². The normalized spacial score (nSPS) is 10.6. The lowest BCUT2D eigenvalue weighted by molar-refractivity contribution is -0.144. The van der Waals surface area contributed by atoms with E-state index in [9.17, 15) is 14.4 Å². The van der Waals surface area contributed by atoms with Crippen molar-refractivity contribution in [3.8, 4) is 0 Å². The van der Waals surface area contributed by atoms with Crippen molar-refractivity contribution >= 4 is 35.0 Å². The van der Waals surface area contributed by atoms with Crippen LogP contribution in [0.5, 0.6) is 0 Å². The van der Waals surface area contributed by atoms with Crippen LogP contribution >= 0.6 is 0 Å². The molecule has 12 nitrogen and oxygen atoms in total. The highest BCUT2D eigenvalue weighted by Gasteiger charge is 2.19. The summed E-state index contributed by atoms with van der Waals surface area (Å²) in [7, 11) is 0. The van der Waals surface area contributed by atoms with Crippen LogP contribution in [0.2, 0.25) is 0 Å². The zero-order valence-corrected chi connectivity index (χ0v) is 16.5. The number of carbonyl (C=O) groups excluding carboxylic acids is 2. The average molecular weight is 427 g/mol. The molecule has 0 aliphatic carbocycles. The number of rotatable bonds is 9. The minimum atomic E-state index is -1.14. The SMILES string of the molecule is NCCN(CC(=O)O)C(=O)Cn1cnc2c(NC(=O)OCc3ccccc3)ncnc21. The van der Waals surface area contributed by atoms with Gasteiger partial charge in [-0.2, -0.15) is 0 Å². The molecule has 162 valence electrons. The second-order valence-electron chi connectivity index (χ2n) is 6.45.